The van der Waals surface area contributed by atoms with Gasteiger partial charge < -0.3 is 5.11 Å². The number of para-hydroxylation sites is 1. The molecular formula is C13H11ClFNO3S. The molecule has 0 spiro atoms. The van der Waals surface area contributed by atoms with Crippen molar-refractivity contribution in [1.29, 1.82) is 0 Å². The summed E-state index contributed by atoms with van der Waals surface area (Å²) in [5.74, 6) is -1.01. The zero-order valence-electron chi connectivity index (χ0n) is 10.2. The van der Waals surface area contributed by atoms with Crippen LogP contribution in [0.1, 0.15) is 5.56 Å². The quantitative estimate of drug-likeness (QED) is 0.911. The Hall–Kier alpha value is -1.63. The van der Waals surface area contributed by atoms with Crippen molar-refractivity contribution in [3.63, 3.8) is 0 Å². The van der Waals surface area contributed by atoms with Gasteiger partial charge in [-0.05, 0) is 24.3 Å². The van der Waals surface area contributed by atoms with Gasteiger partial charge in [-0.15, -0.1) is 0 Å². The molecule has 2 aromatic carbocycles. The minimum Gasteiger partial charge on any atom is -0.392 e. The lowest BCUT2D eigenvalue weighted by molar-refractivity contribution is 0.274. The van der Waals surface area contributed by atoms with E-state index >= 15 is 0 Å². The summed E-state index contributed by atoms with van der Waals surface area (Å²) >= 11 is 5.74. The van der Waals surface area contributed by atoms with E-state index in [1.54, 1.807) is 18.2 Å². The van der Waals surface area contributed by atoms with Crippen molar-refractivity contribution in [3.05, 3.63) is 58.9 Å². The summed E-state index contributed by atoms with van der Waals surface area (Å²) in [5, 5.41) is 9.04. The first-order valence-electron chi connectivity index (χ1n) is 5.60. The van der Waals surface area contributed by atoms with E-state index in [0.717, 1.165) is 6.07 Å². The highest BCUT2D eigenvalue weighted by molar-refractivity contribution is 7.92. The van der Waals surface area contributed by atoms with Crippen LogP contribution in [-0.2, 0) is 16.6 Å². The normalized spacial score (nSPS) is 11.3. The molecule has 4 nitrogen and oxygen atoms in total. The Morgan fingerprint density at radius 3 is 2.45 bits per heavy atom. The van der Waals surface area contributed by atoms with Crippen LogP contribution in [0.5, 0.6) is 0 Å². The Labute approximate surface area is 120 Å². The molecule has 0 saturated carbocycles. The van der Waals surface area contributed by atoms with Gasteiger partial charge in [-0.25, -0.2) is 12.8 Å². The molecule has 0 aliphatic rings. The first kappa shape index (κ1) is 14.8. The fourth-order valence-electron chi connectivity index (χ4n) is 1.65. The smallest absolute Gasteiger partial charge is 0.264 e. The molecule has 2 rings (SSSR count). The highest BCUT2D eigenvalue weighted by Crippen LogP contribution is 2.25. The number of rotatable bonds is 4. The van der Waals surface area contributed by atoms with Crippen molar-refractivity contribution in [2.45, 2.75) is 11.5 Å². The van der Waals surface area contributed by atoms with E-state index in [4.69, 9.17) is 16.7 Å². The minimum atomic E-state index is -4.12. The lowest BCUT2D eigenvalue weighted by Crippen LogP contribution is -2.15. The molecule has 0 radical (unpaired) electrons. The van der Waals surface area contributed by atoms with Gasteiger partial charge in [0.15, 0.2) is 0 Å². The monoisotopic (exact) mass is 315 g/mol. The number of hydrogen-bond donors (Lipinski definition) is 2. The third-order valence-electron chi connectivity index (χ3n) is 2.57. The van der Waals surface area contributed by atoms with Crippen molar-refractivity contribution in [2.75, 3.05) is 4.72 Å². The van der Waals surface area contributed by atoms with Crippen LogP contribution in [0.3, 0.4) is 0 Å². The predicted octanol–water partition coefficient (Wildman–Crippen LogP) is 2.77. The van der Waals surface area contributed by atoms with Crippen LogP contribution >= 0.6 is 11.6 Å². The van der Waals surface area contributed by atoms with Gasteiger partial charge in [0.1, 0.15) is 10.7 Å². The zero-order valence-corrected chi connectivity index (χ0v) is 11.7. The van der Waals surface area contributed by atoms with Crippen molar-refractivity contribution in [2.24, 2.45) is 0 Å². The molecule has 0 saturated heterocycles. The van der Waals surface area contributed by atoms with Crippen LogP contribution in [-0.4, -0.2) is 13.5 Å². The third-order valence-corrected chi connectivity index (χ3v) is 4.16. The Morgan fingerprint density at radius 1 is 1.20 bits per heavy atom. The number of aliphatic hydroxyl groups excluding tert-OH is 1. The molecular weight excluding hydrogens is 305 g/mol. The summed E-state index contributed by atoms with van der Waals surface area (Å²) in [6, 6.07) is 10.3. The second-order valence-corrected chi connectivity index (χ2v) is 6.09. The van der Waals surface area contributed by atoms with Gasteiger partial charge in [0.05, 0.1) is 6.61 Å². The van der Waals surface area contributed by atoms with Crippen LogP contribution in [0.4, 0.5) is 10.1 Å². The van der Waals surface area contributed by atoms with Crippen molar-refractivity contribution in [1.82, 2.24) is 0 Å². The summed E-state index contributed by atoms with van der Waals surface area (Å²) < 4.78 is 40.6. The van der Waals surface area contributed by atoms with E-state index in [1.807, 2.05) is 0 Å². The van der Waals surface area contributed by atoms with E-state index < -0.39 is 27.3 Å². The van der Waals surface area contributed by atoms with E-state index in [0.29, 0.717) is 5.69 Å². The average Bonchev–Trinajstić information content (AvgIpc) is 2.41. The Kier molecular flexibility index (Phi) is 4.27. The third kappa shape index (κ3) is 3.09. The molecule has 20 heavy (non-hydrogen) atoms. The Morgan fingerprint density at radius 2 is 1.85 bits per heavy atom. The van der Waals surface area contributed by atoms with Gasteiger partial charge in [0.25, 0.3) is 10.0 Å². The predicted molar refractivity (Wildman–Crippen MR) is 74.6 cm³/mol. The number of hydrogen-bond acceptors (Lipinski definition) is 3. The molecule has 0 atom stereocenters. The maximum Gasteiger partial charge on any atom is 0.264 e. The molecule has 0 unspecified atom stereocenters. The number of sulfonamides is 1. The van der Waals surface area contributed by atoms with Gasteiger partial charge in [0.2, 0.25) is 0 Å². The molecule has 0 amide bonds. The first-order chi connectivity index (χ1) is 9.44. The van der Waals surface area contributed by atoms with Crippen LogP contribution in [0.2, 0.25) is 5.02 Å². The van der Waals surface area contributed by atoms with Gasteiger partial charge >= 0.3 is 0 Å². The van der Waals surface area contributed by atoms with Crippen molar-refractivity contribution < 1.29 is 17.9 Å². The lowest BCUT2D eigenvalue weighted by Gasteiger charge is -2.11. The molecule has 2 N–H and O–H groups in total. The summed E-state index contributed by atoms with van der Waals surface area (Å²) in [5.41, 5.74) is 0.128. The summed E-state index contributed by atoms with van der Waals surface area (Å²) in [6.45, 7) is -0.639. The average molecular weight is 316 g/mol. The molecule has 0 aliphatic heterocycles. The summed E-state index contributed by atoms with van der Waals surface area (Å²) in [4.78, 5) is -0.599. The minimum absolute atomic E-state index is 0.0314. The van der Waals surface area contributed by atoms with E-state index in [1.165, 1.54) is 18.2 Å². The standard InChI is InChI=1S/C13H11ClFNO3S/c14-10-6-9(8-17)13(15)12(7-10)20(18,19)16-11-4-2-1-3-5-11/h1-7,16-17H,8H2. The van der Waals surface area contributed by atoms with Crippen LogP contribution in [0.15, 0.2) is 47.4 Å². The summed E-state index contributed by atoms with van der Waals surface area (Å²) in [6.07, 6.45) is 0. The largest absolute Gasteiger partial charge is 0.392 e. The van der Waals surface area contributed by atoms with Crippen LogP contribution in [0, 0.1) is 5.82 Å². The SMILES string of the molecule is O=S(=O)(Nc1ccccc1)c1cc(Cl)cc(CO)c1F. The second kappa shape index (κ2) is 5.78. The molecule has 0 aromatic heterocycles. The molecule has 0 aliphatic carbocycles. The molecule has 0 bridgehead atoms. The number of halogens is 2. The molecule has 0 heterocycles. The van der Waals surface area contributed by atoms with E-state index in [2.05, 4.69) is 4.72 Å². The first-order valence-corrected chi connectivity index (χ1v) is 7.47. The maximum absolute atomic E-state index is 14.0. The zero-order chi connectivity index (χ0) is 14.8. The van der Waals surface area contributed by atoms with E-state index in [9.17, 15) is 12.8 Å². The van der Waals surface area contributed by atoms with Gasteiger partial charge in [0, 0.05) is 16.3 Å². The fourth-order valence-corrected chi connectivity index (χ4v) is 3.16. The molecule has 106 valence electrons. The number of aliphatic hydroxyl groups is 1. The van der Waals surface area contributed by atoms with Gasteiger partial charge in [-0.3, -0.25) is 4.72 Å². The van der Waals surface area contributed by atoms with E-state index in [-0.39, 0.29) is 10.6 Å². The summed E-state index contributed by atoms with van der Waals surface area (Å²) in [7, 11) is -4.12. The Balaban J connectivity index is 2.47. The molecule has 2 aromatic rings. The second-order valence-electron chi connectivity index (χ2n) is 4.01. The molecule has 7 heteroatoms. The van der Waals surface area contributed by atoms with Crippen LogP contribution in [0.25, 0.3) is 0 Å². The van der Waals surface area contributed by atoms with Crippen LogP contribution < -0.4 is 4.72 Å². The highest BCUT2D eigenvalue weighted by atomic mass is 35.5. The lowest BCUT2D eigenvalue weighted by atomic mass is 10.2. The number of benzene rings is 2. The number of anilines is 1. The van der Waals surface area contributed by atoms with Crippen molar-refractivity contribution >= 4 is 27.3 Å². The van der Waals surface area contributed by atoms with Crippen molar-refractivity contribution in [3.8, 4) is 0 Å². The Bertz CT molecular complexity index is 720. The van der Waals surface area contributed by atoms with Gasteiger partial charge in [-0.2, -0.15) is 0 Å². The maximum atomic E-state index is 14.0. The number of nitrogens with one attached hydrogen (secondary N) is 1. The topological polar surface area (TPSA) is 66.4 Å². The van der Waals surface area contributed by atoms with Gasteiger partial charge in [-0.1, -0.05) is 29.8 Å². The highest BCUT2D eigenvalue weighted by Gasteiger charge is 2.22. The molecule has 0 fully saturated rings. The fraction of sp³-hybridized carbons (Fsp3) is 0.0769.